The Labute approximate surface area is 103 Å². The van der Waals surface area contributed by atoms with Crippen LogP contribution in [0.3, 0.4) is 0 Å². The second-order valence-corrected chi connectivity index (χ2v) is 4.54. The molecule has 1 aliphatic carbocycles. The van der Waals surface area contributed by atoms with Crippen molar-refractivity contribution in [2.75, 3.05) is 30.4 Å². The van der Waals surface area contributed by atoms with Crippen LogP contribution in [0.1, 0.15) is 25.7 Å². The van der Waals surface area contributed by atoms with Crippen LogP contribution in [0.5, 0.6) is 0 Å². The van der Waals surface area contributed by atoms with Gasteiger partial charge in [0, 0.05) is 19.6 Å². The minimum atomic E-state index is 0.195. The molecule has 94 valence electrons. The van der Waals surface area contributed by atoms with Crippen molar-refractivity contribution in [3.05, 3.63) is 18.5 Å². The Bertz CT molecular complexity index is 350. The lowest BCUT2D eigenvalue weighted by Gasteiger charge is -2.30. The van der Waals surface area contributed by atoms with Gasteiger partial charge in [-0.25, -0.2) is 0 Å². The number of hydrogen-bond acceptors (Lipinski definition) is 4. The summed E-state index contributed by atoms with van der Waals surface area (Å²) in [5.41, 5.74) is 2.13. The number of aliphatic hydroxyl groups is 1. The zero-order chi connectivity index (χ0) is 12.1. The van der Waals surface area contributed by atoms with Crippen LogP contribution >= 0.6 is 0 Å². The van der Waals surface area contributed by atoms with E-state index >= 15 is 0 Å². The SMILES string of the molecule is CNc1cncc(N(CCO)C2CCCC2)c1. The lowest BCUT2D eigenvalue weighted by molar-refractivity contribution is 0.297. The molecule has 2 rings (SSSR count). The van der Waals surface area contributed by atoms with Crippen LogP contribution < -0.4 is 10.2 Å². The number of hydrogen-bond donors (Lipinski definition) is 2. The number of rotatable bonds is 5. The van der Waals surface area contributed by atoms with Gasteiger partial charge in [0.05, 0.1) is 30.4 Å². The highest BCUT2D eigenvalue weighted by molar-refractivity contribution is 5.56. The molecule has 0 unspecified atom stereocenters. The number of aromatic nitrogens is 1. The van der Waals surface area contributed by atoms with Crippen LogP contribution in [0.25, 0.3) is 0 Å². The van der Waals surface area contributed by atoms with Crippen molar-refractivity contribution in [3.8, 4) is 0 Å². The van der Waals surface area contributed by atoms with E-state index in [9.17, 15) is 5.11 Å². The third-order valence-electron chi connectivity index (χ3n) is 3.45. The highest BCUT2D eigenvalue weighted by Gasteiger charge is 2.22. The molecule has 4 nitrogen and oxygen atoms in total. The molecule has 17 heavy (non-hydrogen) atoms. The summed E-state index contributed by atoms with van der Waals surface area (Å²) >= 11 is 0. The molecule has 1 aromatic heterocycles. The van der Waals surface area contributed by atoms with Crippen LogP contribution in [0.4, 0.5) is 11.4 Å². The fourth-order valence-electron chi connectivity index (χ4n) is 2.57. The summed E-state index contributed by atoms with van der Waals surface area (Å²) < 4.78 is 0. The summed E-state index contributed by atoms with van der Waals surface area (Å²) in [5, 5.41) is 12.3. The fraction of sp³-hybridized carbons (Fsp3) is 0.615. The Balaban J connectivity index is 2.18. The topological polar surface area (TPSA) is 48.4 Å². The molecule has 1 aromatic rings. The maximum absolute atomic E-state index is 9.21. The summed E-state index contributed by atoms with van der Waals surface area (Å²) in [7, 11) is 1.90. The normalized spacial score (nSPS) is 16.1. The van der Waals surface area contributed by atoms with E-state index in [2.05, 4.69) is 21.3 Å². The Kier molecular flexibility index (Phi) is 4.20. The number of nitrogens with one attached hydrogen (secondary N) is 1. The van der Waals surface area contributed by atoms with Crippen molar-refractivity contribution in [1.29, 1.82) is 0 Å². The van der Waals surface area contributed by atoms with Gasteiger partial charge < -0.3 is 15.3 Å². The molecule has 0 saturated heterocycles. The van der Waals surface area contributed by atoms with E-state index in [0.717, 1.165) is 11.4 Å². The smallest absolute Gasteiger partial charge is 0.0606 e. The van der Waals surface area contributed by atoms with Crippen molar-refractivity contribution in [2.24, 2.45) is 0 Å². The molecule has 0 spiro atoms. The average molecular weight is 235 g/mol. The largest absolute Gasteiger partial charge is 0.395 e. The maximum Gasteiger partial charge on any atom is 0.0606 e. The third kappa shape index (κ3) is 2.88. The first-order valence-corrected chi connectivity index (χ1v) is 6.35. The molecule has 1 saturated carbocycles. The summed E-state index contributed by atoms with van der Waals surface area (Å²) in [6.45, 7) is 0.889. The molecular formula is C13H21N3O. The van der Waals surface area contributed by atoms with Crippen molar-refractivity contribution >= 4 is 11.4 Å². The molecule has 0 radical (unpaired) electrons. The van der Waals surface area contributed by atoms with E-state index in [1.165, 1.54) is 25.7 Å². The van der Waals surface area contributed by atoms with Crippen LogP contribution in [-0.4, -0.2) is 36.3 Å². The van der Waals surface area contributed by atoms with Gasteiger partial charge in [-0.1, -0.05) is 12.8 Å². The van der Waals surface area contributed by atoms with Crippen LogP contribution in [0.15, 0.2) is 18.5 Å². The van der Waals surface area contributed by atoms with Gasteiger partial charge in [0.2, 0.25) is 0 Å². The maximum atomic E-state index is 9.21. The summed E-state index contributed by atoms with van der Waals surface area (Å²) in [6, 6.07) is 2.66. The monoisotopic (exact) mass is 235 g/mol. The Morgan fingerprint density at radius 3 is 2.82 bits per heavy atom. The third-order valence-corrected chi connectivity index (χ3v) is 3.45. The first kappa shape index (κ1) is 12.2. The molecular weight excluding hydrogens is 214 g/mol. The Morgan fingerprint density at radius 1 is 1.41 bits per heavy atom. The first-order valence-electron chi connectivity index (χ1n) is 6.35. The van der Waals surface area contributed by atoms with Gasteiger partial charge >= 0.3 is 0 Å². The lowest BCUT2D eigenvalue weighted by Crippen LogP contribution is -2.35. The fourth-order valence-corrected chi connectivity index (χ4v) is 2.57. The van der Waals surface area contributed by atoms with Gasteiger partial charge in [0.25, 0.3) is 0 Å². The van der Waals surface area contributed by atoms with E-state index in [-0.39, 0.29) is 6.61 Å². The molecule has 0 amide bonds. The van der Waals surface area contributed by atoms with E-state index in [1.54, 1.807) is 0 Å². The second-order valence-electron chi connectivity index (χ2n) is 4.54. The molecule has 0 aliphatic heterocycles. The Morgan fingerprint density at radius 2 is 2.18 bits per heavy atom. The van der Waals surface area contributed by atoms with Gasteiger partial charge in [0.15, 0.2) is 0 Å². The number of nitrogens with zero attached hydrogens (tertiary/aromatic N) is 2. The molecule has 0 bridgehead atoms. The van der Waals surface area contributed by atoms with E-state index < -0.39 is 0 Å². The standard InChI is InChI=1S/C13H21N3O/c1-14-11-8-13(10-15-9-11)16(6-7-17)12-4-2-3-5-12/h8-10,12,14,17H,2-7H2,1H3. The lowest BCUT2D eigenvalue weighted by atomic mass is 10.2. The molecule has 2 N–H and O–H groups in total. The number of anilines is 2. The van der Waals surface area contributed by atoms with Crippen LogP contribution in [0.2, 0.25) is 0 Å². The second kappa shape index (κ2) is 5.87. The van der Waals surface area contributed by atoms with E-state index in [4.69, 9.17) is 0 Å². The molecule has 4 heteroatoms. The first-order chi connectivity index (χ1) is 8.35. The highest BCUT2D eigenvalue weighted by atomic mass is 16.3. The molecule has 1 aliphatic rings. The van der Waals surface area contributed by atoms with Gasteiger partial charge in [0.1, 0.15) is 0 Å². The minimum Gasteiger partial charge on any atom is -0.395 e. The van der Waals surface area contributed by atoms with Crippen LogP contribution in [0, 0.1) is 0 Å². The molecule has 1 heterocycles. The van der Waals surface area contributed by atoms with Gasteiger partial charge in [-0.3, -0.25) is 4.98 Å². The van der Waals surface area contributed by atoms with Gasteiger partial charge in [-0.05, 0) is 18.9 Å². The zero-order valence-electron chi connectivity index (χ0n) is 10.4. The van der Waals surface area contributed by atoms with Crippen molar-refractivity contribution < 1.29 is 5.11 Å². The summed E-state index contributed by atoms with van der Waals surface area (Å²) in [4.78, 5) is 6.54. The Hall–Kier alpha value is -1.29. The minimum absolute atomic E-state index is 0.195. The van der Waals surface area contributed by atoms with E-state index in [0.29, 0.717) is 12.6 Å². The summed E-state index contributed by atoms with van der Waals surface area (Å²) in [5.74, 6) is 0. The van der Waals surface area contributed by atoms with Crippen molar-refractivity contribution in [2.45, 2.75) is 31.7 Å². The molecule has 1 fully saturated rings. The number of aliphatic hydroxyl groups excluding tert-OH is 1. The van der Waals surface area contributed by atoms with Gasteiger partial charge in [-0.15, -0.1) is 0 Å². The van der Waals surface area contributed by atoms with E-state index in [1.807, 2.05) is 19.4 Å². The van der Waals surface area contributed by atoms with Crippen LogP contribution in [-0.2, 0) is 0 Å². The zero-order valence-corrected chi connectivity index (χ0v) is 10.4. The average Bonchev–Trinajstić information content (AvgIpc) is 2.89. The van der Waals surface area contributed by atoms with Gasteiger partial charge in [-0.2, -0.15) is 0 Å². The quantitative estimate of drug-likeness (QED) is 0.818. The molecule has 0 atom stereocenters. The highest BCUT2D eigenvalue weighted by Crippen LogP contribution is 2.28. The summed E-state index contributed by atoms with van der Waals surface area (Å²) in [6.07, 6.45) is 8.75. The predicted octanol–water partition coefficient (Wildman–Crippen LogP) is 1.86. The van der Waals surface area contributed by atoms with Crippen molar-refractivity contribution in [1.82, 2.24) is 4.98 Å². The van der Waals surface area contributed by atoms with Crippen molar-refractivity contribution in [3.63, 3.8) is 0 Å². The molecule has 0 aromatic carbocycles. The number of pyridine rings is 1. The predicted molar refractivity (Wildman–Crippen MR) is 70.5 cm³/mol.